The standard InChI is InChI=1S/C18H20N4O5S2/c1-18(2,3)10-9-16-20-11-13(12-21-16)17(23)22(19)29(26,27)15-8-6-5-7-14(15)28(4,24)25/h5-8,11-12H,19H2,1-4H3. The lowest BCUT2D eigenvalue weighted by Gasteiger charge is -2.18. The summed E-state index contributed by atoms with van der Waals surface area (Å²) in [6.45, 7) is 5.72. The summed E-state index contributed by atoms with van der Waals surface area (Å²) in [5.41, 5.74) is -0.471. The normalized spacial score (nSPS) is 12.0. The maximum atomic E-state index is 12.7. The SMILES string of the molecule is CC(C)(C)C#Cc1ncc(C(=O)N(N)S(=O)(=O)c2ccccc2S(C)(=O)=O)cn1. The van der Waals surface area contributed by atoms with Gasteiger partial charge in [0.2, 0.25) is 5.82 Å². The summed E-state index contributed by atoms with van der Waals surface area (Å²) in [6.07, 6.45) is 3.05. The van der Waals surface area contributed by atoms with Gasteiger partial charge in [-0.15, -0.1) is 0 Å². The Morgan fingerprint density at radius 1 is 1.03 bits per heavy atom. The van der Waals surface area contributed by atoms with E-state index in [0.29, 0.717) is 0 Å². The first-order chi connectivity index (χ1) is 13.2. The van der Waals surface area contributed by atoms with E-state index < -0.39 is 35.6 Å². The lowest BCUT2D eigenvalue weighted by Crippen LogP contribution is -2.43. The third kappa shape index (κ3) is 5.38. The molecule has 0 saturated heterocycles. The van der Waals surface area contributed by atoms with Crippen LogP contribution in [0.5, 0.6) is 0 Å². The Balaban J connectivity index is 2.38. The highest BCUT2D eigenvalue weighted by atomic mass is 32.2. The second kappa shape index (κ2) is 7.90. The Labute approximate surface area is 169 Å². The van der Waals surface area contributed by atoms with Crippen molar-refractivity contribution in [2.75, 3.05) is 6.26 Å². The molecule has 0 unspecified atom stereocenters. The number of sulfonamides is 1. The molecule has 9 nitrogen and oxygen atoms in total. The minimum Gasteiger partial charge on any atom is -0.266 e. The van der Waals surface area contributed by atoms with Crippen LogP contribution in [0.2, 0.25) is 0 Å². The number of sulfone groups is 1. The van der Waals surface area contributed by atoms with Gasteiger partial charge in [-0.2, -0.15) is 12.8 Å². The van der Waals surface area contributed by atoms with Gasteiger partial charge in [0.1, 0.15) is 4.90 Å². The van der Waals surface area contributed by atoms with Gasteiger partial charge in [-0.1, -0.05) is 18.1 Å². The van der Waals surface area contributed by atoms with Crippen LogP contribution in [0.15, 0.2) is 46.5 Å². The quantitative estimate of drug-likeness (QED) is 0.324. The Bertz CT molecular complexity index is 1200. The lowest BCUT2D eigenvalue weighted by atomic mass is 9.98. The van der Waals surface area contributed by atoms with Crippen LogP contribution in [0.25, 0.3) is 0 Å². The van der Waals surface area contributed by atoms with Gasteiger partial charge in [0.05, 0.1) is 10.5 Å². The first-order valence-electron chi connectivity index (χ1n) is 8.22. The van der Waals surface area contributed by atoms with Gasteiger partial charge in [-0.3, -0.25) is 4.79 Å². The first-order valence-corrected chi connectivity index (χ1v) is 11.6. The summed E-state index contributed by atoms with van der Waals surface area (Å²) in [7, 11) is -8.52. The van der Waals surface area contributed by atoms with Crippen LogP contribution < -0.4 is 5.84 Å². The molecule has 154 valence electrons. The average molecular weight is 437 g/mol. The van der Waals surface area contributed by atoms with E-state index in [2.05, 4.69) is 21.8 Å². The number of carbonyl (C=O) groups is 1. The van der Waals surface area contributed by atoms with Crippen LogP contribution in [0, 0.1) is 17.3 Å². The largest absolute Gasteiger partial charge is 0.285 e. The number of rotatable bonds is 4. The molecule has 1 aromatic heterocycles. The molecule has 2 rings (SSSR count). The molecular formula is C18H20N4O5S2. The maximum absolute atomic E-state index is 12.7. The number of hydrazine groups is 1. The maximum Gasteiger partial charge on any atom is 0.285 e. The summed E-state index contributed by atoms with van der Waals surface area (Å²) in [5, 5.41) is 0. The van der Waals surface area contributed by atoms with Crippen LogP contribution in [0.1, 0.15) is 37.0 Å². The molecule has 0 fully saturated rings. The Hall–Kier alpha value is -2.81. The van der Waals surface area contributed by atoms with Crippen molar-refractivity contribution in [2.45, 2.75) is 30.6 Å². The zero-order valence-corrected chi connectivity index (χ0v) is 17.9. The van der Waals surface area contributed by atoms with Crippen molar-refractivity contribution in [1.82, 2.24) is 14.4 Å². The van der Waals surface area contributed by atoms with Crippen molar-refractivity contribution < 1.29 is 21.6 Å². The third-order valence-corrected chi connectivity index (χ3v) is 6.31. The third-order valence-electron chi connectivity index (χ3n) is 3.43. The van der Waals surface area contributed by atoms with Gasteiger partial charge in [-0.25, -0.2) is 24.2 Å². The smallest absolute Gasteiger partial charge is 0.266 e. The highest BCUT2D eigenvalue weighted by Crippen LogP contribution is 2.23. The summed E-state index contributed by atoms with van der Waals surface area (Å²) >= 11 is 0. The molecule has 2 aromatic rings. The molecule has 29 heavy (non-hydrogen) atoms. The minimum atomic E-state index is -4.64. The van der Waals surface area contributed by atoms with E-state index >= 15 is 0 Å². The van der Waals surface area contributed by atoms with Crippen molar-refractivity contribution in [3.63, 3.8) is 0 Å². The van der Waals surface area contributed by atoms with E-state index in [1.54, 1.807) is 0 Å². The molecule has 11 heteroatoms. The number of carbonyl (C=O) groups excluding carboxylic acids is 1. The Morgan fingerprint density at radius 2 is 1.55 bits per heavy atom. The van der Waals surface area contributed by atoms with Gasteiger partial charge >= 0.3 is 0 Å². The number of benzene rings is 1. The summed E-state index contributed by atoms with van der Waals surface area (Å²) in [4.78, 5) is 19.3. The molecule has 0 saturated carbocycles. The lowest BCUT2D eigenvalue weighted by molar-refractivity contribution is 0.0860. The molecule has 0 aliphatic heterocycles. The highest BCUT2D eigenvalue weighted by molar-refractivity contribution is 7.93. The van der Waals surface area contributed by atoms with Gasteiger partial charge in [0, 0.05) is 24.1 Å². The second-order valence-electron chi connectivity index (χ2n) is 7.12. The van der Waals surface area contributed by atoms with Crippen LogP contribution in [0.3, 0.4) is 0 Å². The molecule has 0 spiro atoms. The summed E-state index contributed by atoms with van der Waals surface area (Å²) in [6, 6.07) is 4.86. The molecule has 2 N–H and O–H groups in total. The van der Waals surface area contributed by atoms with Crippen LogP contribution >= 0.6 is 0 Å². The molecule has 0 aliphatic carbocycles. The van der Waals surface area contributed by atoms with Gasteiger partial charge < -0.3 is 0 Å². The number of nitrogens with zero attached hydrogens (tertiary/aromatic N) is 3. The fourth-order valence-electron chi connectivity index (χ4n) is 2.06. The van der Waals surface area contributed by atoms with Crippen molar-refractivity contribution in [2.24, 2.45) is 11.3 Å². The van der Waals surface area contributed by atoms with E-state index in [0.717, 1.165) is 30.8 Å². The zero-order chi connectivity index (χ0) is 22.0. The van der Waals surface area contributed by atoms with Crippen molar-refractivity contribution in [3.05, 3.63) is 48.0 Å². The van der Waals surface area contributed by atoms with E-state index in [1.807, 2.05) is 20.8 Å². The first kappa shape index (κ1) is 22.5. The van der Waals surface area contributed by atoms with Crippen LogP contribution in [-0.2, 0) is 19.9 Å². The van der Waals surface area contributed by atoms with Crippen LogP contribution in [0.4, 0.5) is 0 Å². The Morgan fingerprint density at radius 3 is 2.03 bits per heavy atom. The molecule has 0 radical (unpaired) electrons. The average Bonchev–Trinajstić information content (AvgIpc) is 2.64. The number of amides is 1. The van der Waals surface area contributed by atoms with E-state index in [4.69, 9.17) is 5.84 Å². The topological polar surface area (TPSA) is 140 Å². The zero-order valence-electron chi connectivity index (χ0n) is 16.2. The molecular weight excluding hydrogens is 416 g/mol. The predicted molar refractivity (Wildman–Crippen MR) is 105 cm³/mol. The second-order valence-corrected chi connectivity index (χ2v) is 10.9. The molecule has 0 atom stereocenters. The number of hydrogen-bond acceptors (Lipinski definition) is 8. The van der Waals surface area contributed by atoms with Gasteiger partial charge in [0.15, 0.2) is 9.84 Å². The summed E-state index contributed by atoms with van der Waals surface area (Å²) < 4.78 is 49.2. The predicted octanol–water partition coefficient (Wildman–Crippen LogP) is 0.983. The number of hydrogen-bond donors (Lipinski definition) is 1. The highest BCUT2D eigenvalue weighted by Gasteiger charge is 2.32. The van der Waals surface area contributed by atoms with Gasteiger partial charge in [-0.05, 0) is 38.8 Å². The molecule has 0 aliphatic rings. The molecule has 1 heterocycles. The van der Waals surface area contributed by atoms with Crippen molar-refractivity contribution in [1.29, 1.82) is 0 Å². The van der Waals surface area contributed by atoms with Crippen molar-refractivity contribution >= 4 is 25.8 Å². The van der Waals surface area contributed by atoms with E-state index in [-0.39, 0.29) is 21.2 Å². The summed E-state index contributed by atoms with van der Waals surface area (Å²) in [5.74, 6) is 10.3. The van der Waals surface area contributed by atoms with Crippen molar-refractivity contribution in [3.8, 4) is 11.8 Å². The van der Waals surface area contributed by atoms with E-state index in [9.17, 15) is 21.6 Å². The molecule has 1 aromatic carbocycles. The molecule has 1 amide bonds. The van der Waals surface area contributed by atoms with Crippen LogP contribution in [-0.4, -0.2) is 43.4 Å². The number of nitrogens with two attached hydrogens (primary N) is 1. The monoisotopic (exact) mass is 436 g/mol. The fraction of sp³-hybridized carbons (Fsp3) is 0.278. The Kier molecular flexibility index (Phi) is 6.13. The number of aromatic nitrogens is 2. The fourth-order valence-corrected chi connectivity index (χ4v) is 4.70. The molecule has 0 bridgehead atoms. The van der Waals surface area contributed by atoms with E-state index in [1.165, 1.54) is 12.1 Å². The minimum absolute atomic E-state index is 0.0315. The van der Waals surface area contributed by atoms with Gasteiger partial charge in [0.25, 0.3) is 15.9 Å².